The van der Waals surface area contributed by atoms with E-state index >= 15 is 0 Å². The first-order chi connectivity index (χ1) is 27.3. The van der Waals surface area contributed by atoms with E-state index in [1.54, 1.807) is 39.8 Å². The van der Waals surface area contributed by atoms with Gasteiger partial charge in [0, 0.05) is 67.2 Å². The minimum atomic E-state index is -2.04. The molecule has 316 valence electrons. The predicted molar refractivity (Wildman–Crippen MR) is 217 cm³/mol. The lowest BCUT2D eigenvalue weighted by molar-refractivity contribution is -0.160. The van der Waals surface area contributed by atoms with Gasteiger partial charge in [0.15, 0.2) is 5.75 Å². The van der Waals surface area contributed by atoms with Crippen LogP contribution in [0.15, 0.2) is 41.2 Å². The van der Waals surface area contributed by atoms with Gasteiger partial charge in [-0.15, -0.1) is 0 Å². The van der Waals surface area contributed by atoms with E-state index in [1.165, 1.54) is 59.4 Å². The zero-order chi connectivity index (χ0) is 42.8. The Morgan fingerprint density at radius 3 is 2.28 bits per heavy atom. The monoisotopic (exact) mass is 807 g/mol. The number of fused-ring (bicyclic) bond motifs is 14. The predicted octanol–water partition coefficient (Wildman–Crippen LogP) is 5.62. The van der Waals surface area contributed by atoms with Gasteiger partial charge in [0.25, 0.3) is 11.7 Å². The fraction of sp³-hybridized carbons (Fsp3) is 0.535. The van der Waals surface area contributed by atoms with Gasteiger partial charge in [0.2, 0.25) is 0 Å². The molecule has 1 aliphatic carbocycles. The van der Waals surface area contributed by atoms with Crippen LogP contribution in [0.5, 0.6) is 23.0 Å². The molecule has 9 unspecified atom stereocenters. The maximum Gasteiger partial charge on any atom is 0.312 e. The van der Waals surface area contributed by atoms with Crippen molar-refractivity contribution in [3.8, 4) is 23.0 Å². The number of anilines is 1. The molecular formula is C43H57N3O12. The quantitative estimate of drug-likeness (QED) is 0.0641. The average molecular weight is 808 g/mol. The third-order valence-electron chi connectivity index (χ3n) is 11.8. The number of nitrogens with zero attached hydrogens (tertiary/aromatic N) is 1. The number of carbonyl (C=O) groups is 3. The number of ether oxygens (including phenoxy) is 4. The second-order valence-electron chi connectivity index (χ2n) is 16.0. The SMILES string of the molecule is COC1C=COC2(C)Oc3c(C)c(O)c4c(O)c(c(C=NNC5CCCC5)c(O)c4c3C2=O)NC(=O)C(C)=CC=CC(C)C(O)C(C)C(O)C(C)C(OC(C)=O)C1C. The van der Waals surface area contributed by atoms with Crippen LogP contribution in [0.4, 0.5) is 5.69 Å². The summed E-state index contributed by atoms with van der Waals surface area (Å²) in [7, 11) is 1.44. The molecule has 3 heterocycles. The number of carbonyl (C=O) groups excluding carboxylic acids is 3. The van der Waals surface area contributed by atoms with Gasteiger partial charge in [0.05, 0.1) is 53.0 Å². The van der Waals surface area contributed by atoms with Crippen LogP contribution in [0, 0.1) is 30.6 Å². The van der Waals surface area contributed by atoms with E-state index in [0.717, 1.165) is 25.7 Å². The number of aromatic hydroxyl groups is 3. The van der Waals surface area contributed by atoms with Crippen LogP contribution in [-0.4, -0.2) is 92.8 Å². The number of Topliss-reactive ketones (excluding diaryl/α,β-unsaturated/α-hetero) is 1. The van der Waals surface area contributed by atoms with Gasteiger partial charge in [-0.2, -0.15) is 5.10 Å². The third-order valence-corrected chi connectivity index (χ3v) is 11.8. The zero-order valence-electron chi connectivity index (χ0n) is 34.5. The van der Waals surface area contributed by atoms with Crippen molar-refractivity contribution in [3.63, 3.8) is 0 Å². The van der Waals surface area contributed by atoms with Crippen LogP contribution in [0.3, 0.4) is 0 Å². The van der Waals surface area contributed by atoms with Gasteiger partial charge in [-0.25, -0.2) is 0 Å². The smallest absolute Gasteiger partial charge is 0.312 e. The van der Waals surface area contributed by atoms with Crippen molar-refractivity contribution in [2.45, 2.75) is 117 Å². The van der Waals surface area contributed by atoms with Crippen molar-refractivity contribution in [3.05, 3.63) is 52.8 Å². The van der Waals surface area contributed by atoms with Crippen LogP contribution in [-0.2, 0) is 23.8 Å². The third kappa shape index (κ3) is 8.52. The molecule has 0 spiro atoms. The fourth-order valence-electron chi connectivity index (χ4n) is 8.13. The highest BCUT2D eigenvalue weighted by Gasteiger charge is 2.50. The lowest BCUT2D eigenvalue weighted by atomic mass is 9.78. The summed E-state index contributed by atoms with van der Waals surface area (Å²) in [5, 5.41) is 64.6. The van der Waals surface area contributed by atoms with Crippen LogP contribution in [0.25, 0.3) is 10.8 Å². The van der Waals surface area contributed by atoms with Gasteiger partial charge in [-0.3, -0.25) is 14.4 Å². The summed E-state index contributed by atoms with van der Waals surface area (Å²) < 4.78 is 23.6. The number of nitrogens with one attached hydrogen (secondary N) is 2. The zero-order valence-corrected chi connectivity index (χ0v) is 34.5. The number of hydrogen-bond acceptors (Lipinski definition) is 14. The highest BCUT2D eigenvalue weighted by atomic mass is 16.7. The molecule has 0 aromatic heterocycles. The van der Waals surface area contributed by atoms with Gasteiger partial charge >= 0.3 is 11.8 Å². The first-order valence-electron chi connectivity index (χ1n) is 19.7. The highest BCUT2D eigenvalue weighted by molar-refractivity contribution is 6.23. The first-order valence-corrected chi connectivity index (χ1v) is 19.7. The molecule has 2 aromatic carbocycles. The number of phenolic OH excluding ortho intramolecular Hbond substituents is 3. The summed E-state index contributed by atoms with van der Waals surface area (Å²) in [6.07, 6.45) is 8.64. The lowest BCUT2D eigenvalue weighted by Crippen LogP contribution is -2.46. The molecule has 1 amide bonds. The molecular weight excluding hydrogens is 750 g/mol. The topological polar surface area (TPSA) is 226 Å². The van der Waals surface area contributed by atoms with E-state index in [0.29, 0.717) is 0 Å². The van der Waals surface area contributed by atoms with Crippen LogP contribution in [0.1, 0.15) is 95.6 Å². The second kappa shape index (κ2) is 17.8. The lowest BCUT2D eigenvalue weighted by Gasteiger charge is -2.38. The van der Waals surface area contributed by atoms with Gasteiger partial charge in [-0.1, -0.05) is 58.8 Å². The molecule has 9 atom stereocenters. The number of amides is 1. The number of hydrazone groups is 1. The Morgan fingerprint density at radius 1 is 0.966 bits per heavy atom. The van der Waals surface area contributed by atoms with Crippen molar-refractivity contribution in [2.75, 3.05) is 12.4 Å². The number of phenols is 3. The number of esters is 1. The van der Waals surface area contributed by atoms with Crippen LogP contribution >= 0.6 is 0 Å². The number of methoxy groups -OCH3 is 1. The molecule has 3 aliphatic heterocycles. The number of benzene rings is 2. The van der Waals surface area contributed by atoms with Crippen molar-refractivity contribution in [1.29, 1.82) is 0 Å². The second-order valence-corrected chi connectivity index (χ2v) is 16.0. The summed E-state index contributed by atoms with van der Waals surface area (Å²) in [6.45, 7) is 12.5. The Kier molecular flexibility index (Phi) is 13.5. The van der Waals surface area contributed by atoms with Crippen molar-refractivity contribution < 1.29 is 58.9 Å². The molecule has 5 bridgehead atoms. The number of ketones is 1. The number of rotatable bonds is 5. The Bertz CT molecular complexity index is 2040. The molecule has 6 rings (SSSR count). The van der Waals surface area contributed by atoms with E-state index in [9.17, 15) is 39.9 Å². The molecule has 58 heavy (non-hydrogen) atoms. The summed E-state index contributed by atoms with van der Waals surface area (Å²) in [4.78, 5) is 40.4. The Hall–Kier alpha value is -5.12. The summed E-state index contributed by atoms with van der Waals surface area (Å²) >= 11 is 0. The highest BCUT2D eigenvalue weighted by Crippen LogP contribution is 2.55. The summed E-state index contributed by atoms with van der Waals surface area (Å²) in [6, 6.07) is 0.0806. The standard InChI is InChI=1S/C43H57N3O12/c1-20-13-12-14-21(2)42(54)45-33-28(19-44-46-27-15-10-11-16-27)37(51)30-31(38(33)52)36(50)25(6)40-32(30)41(53)43(8,58-40)56-18-17-29(55-9)22(3)39(57-26(7)47)24(5)35(49)23(4)34(20)48/h12-14,17-20,22-24,27,29,34-35,39,46,48-52H,10-11,15-16H2,1-9H3,(H,45,54). The molecule has 0 radical (unpaired) electrons. The van der Waals surface area contributed by atoms with E-state index < -0.39 is 88.8 Å². The van der Waals surface area contributed by atoms with Gasteiger partial charge < -0.3 is 55.2 Å². The number of allylic oxidation sites excluding steroid dienone is 2. The Labute approximate surface area is 338 Å². The van der Waals surface area contributed by atoms with Crippen LogP contribution < -0.4 is 15.5 Å². The van der Waals surface area contributed by atoms with Crippen molar-refractivity contribution in [2.24, 2.45) is 28.8 Å². The summed E-state index contributed by atoms with van der Waals surface area (Å²) in [5.74, 6) is -8.34. The maximum absolute atomic E-state index is 14.4. The normalized spacial score (nSPS) is 30.1. The van der Waals surface area contributed by atoms with E-state index in [2.05, 4.69) is 15.8 Å². The fourth-order valence-corrected chi connectivity index (χ4v) is 8.13. The Morgan fingerprint density at radius 2 is 1.64 bits per heavy atom. The molecule has 15 heteroatoms. The van der Waals surface area contributed by atoms with E-state index in [-0.39, 0.29) is 50.5 Å². The van der Waals surface area contributed by atoms with E-state index in [4.69, 9.17) is 18.9 Å². The minimum Gasteiger partial charge on any atom is -0.507 e. The maximum atomic E-state index is 14.4. The van der Waals surface area contributed by atoms with E-state index in [1.807, 2.05) is 0 Å². The molecule has 4 aliphatic rings. The van der Waals surface area contributed by atoms with Gasteiger partial charge in [0.1, 0.15) is 23.4 Å². The number of hydrogen-bond donors (Lipinski definition) is 7. The molecule has 0 saturated heterocycles. The molecule has 2 aromatic rings. The van der Waals surface area contributed by atoms with Gasteiger partial charge in [-0.05, 0) is 32.8 Å². The molecule has 1 saturated carbocycles. The average Bonchev–Trinajstić information content (AvgIpc) is 3.80. The largest absolute Gasteiger partial charge is 0.507 e. The number of aliphatic hydroxyl groups is 2. The first kappa shape index (κ1) is 44.0. The number of aliphatic hydroxyl groups excluding tert-OH is 2. The van der Waals surface area contributed by atoms with Crippen molar-refractivity contribution >= 4 is 40.3 Å². The van der Waals surface area contributed by atoms with Crippen molar-refractivity contribution in [1.82, 2.24) is 5.43 Å². The summed E-state index contributed by atoms with van der Waals surface area (Å²) in [5.41, 5.74) is 2.68. The van der Waals surface area contributed by atoms with Crippen LogP contribution in [0.2, 0.25) is 0 Å². The molecule has 15 nitrogen and oxygen atoms in total. The Balaban J connectivity index is 1.69. The molecule has 7 N–H and O–H groups in total. The molecule has 1 fully saturated rings. The minimum absolute atomic E-state index is 0.0564.